The van der Waals surface area contributed by atoms with Crippen LogP contribution in [-0.4, -0.2) is 19.7 Å². The molecular weight excluding hydrogens is 348 g/mol. The zero-order chi connectivity index (χ0) is 19.8. The molecule has 3 aromatic rings. The van der Waals surface area contributed by atoms with E-state index in [0.717, 1.165) is 36.0 Å². The van der Waals surface area contributed by atoms with Crippen LogP contribution in [0.3, 0.4) is 0 Å². The third kappa shape index (κ3) is 5.30. The second-order valence-corrected chi connectivity index (χ2v) is 6.80. The van der Waals surface area contributed by atoms with Crippen LogP contribution in [0, 0.1) is 0 Å². The lowest BCUT2D eigenvalue weighted by Gasteiger charge is -2.07. The van der Waals surface area contributed by atoms with E-state index < -0.39 is 0 Å². The van der Waals surface area contributed by atoms with E-state index in [9.17, 15) is 4.79 Å². The summed E-state index contributed by atoms with van der Waals surface area (Å²) in [5.74, 6) is 0.191. The third-order valence-corrected chi connectivity index (χ3v) is 4.68. The van der Waals surface area contributed by atoms with Crippen molar-refractivity contribution in [1.82, 2.24) is 0 Å². The van der Waals surface area contributed by atoms with Crippen molar-refractivity contribution in [2.45, 2.75) is 26.2 Å². The average Bonchev–Trinajstić information content (AvgIpc) is 2.74. The van der Waals surface area contributed by atoms with Gasteiger partial charge < -0.3 is 9.47 Å². The van der Waals surface area contributed by atoms with E-state index in [1.54, 1.807) is 7.11 Å². The Morgan fingerprint density at radius 2 is 1.29 bits per heavy atom. The van der Waals surface area contributed by atoms with Crippen LogP contribution in [0.5, 0.6) is 5.75 Å². The Morgan fingerprint density at radius 1 is 0.750 bits per heavy atom. The summed E-state index contributed by atoms with van der Waals surface area (Å²) in [6.07, 6.45) is 3.08. The molecule has 0 aliphatic carbocycles. The lowest BCUT2D eigenvalue weighted by atomic mass is 10.0. The zero-order valence-electron chi connectivity index (χ0n) is 16.5. The Hall–Kier alpha value is -2.91. The van der Waals surface area contributed by atoms with Gasteiger partial charge >= 0.3 is 5.97 Å². The average molecular weight is 374 g/mol. The summed E-state index contributed by atoms with van der Waals surface area (Å²) in [5, 5.41) is 0. The van der Waals surface area contributed by atoms with E-state index in [-0.39, 0.29) is 5.97 Å². The largest absolute Gasteiger partial charge is 0.423 e. The summed E-state index contributed by atoms with van der Waals surface area (Å²) in [6.45, 7) is 2.86. The van der Waals surface area contributed by atoms with Crippen LogP contribution >= 0.6 is 0 Å². The number of methoxy groups -OCH3 is 1. The minimum absolute atomic E-state index is 0.352. The fourth-order valence-electron chi connectivity index (χ4n) is 3.06. The number of hydrogen-bond donors (Lipinski definition) is 0. The minimum Gasteiger partial charge on any atom is -0.423 e. The van der Waals surface area contributed by atoms with Crippen LogP contribution in [0.15, 0.2) is 72.8 Å². The van der Waals surface area contributed by atoms with E-state index in [1.165, 1.54) is 5.56 Å². The number of esters is 1. The highest BCUT2D eigenvalue weighted by atomic mass is 16.5. The number of carbonyl (C=O) groups is 1. The van der Waals surface area contributed by atoms with E-state index in [0.29, 0.717) is 17.9 Å². The maximum atomic E-state index is 12.4. The topological polar surface area (TPSA) is 35.5 Å². The van der Waals surface area contributed by atoms with Crippen molar-refractivity contribution in [3.05, 3.63) is 89.5 Å². The Balaban J connectivity index is 1.63. The maximum absolute atomic E-state index is 12.4. The van der Waals surface area contributed by atoms with Crippen molar-refractivity contribution in [2.24, 2.45) is 0 Å². The minimum atomic E-state index is -0.352. The van der Waals surface area contributed by atoms with Gasteiger partial charge in [0, 0.05) is 7.11 Å². The van der Waals surface area contributed by atoms with Crippen molar-refractivity contribution >= 4 is 5.97 Å². The highest BCUT2D eigenvalue weighted by Gasteiger charge is 2.09. The molecule has 0 aromatic heterocycles. The van der Waals surface area contributed by atoms with Gasteiger partial charge in [-0.1, -0.05) is 61.9 Å². The highest BCUT2D eigenvalue weighted by molar-refractivity contribution is 5.91. The molecule has 0 atom stereocenters. The molecule has 0 radical (unpaired) electrons. The highest BCUT2D eigenvalue weighted by Crippen LogP contribution is 2.22. The maximum Gasteiger partial charge on any atom is 0.343 e. The monoisotopic (exact) mass is 374 g/mol. The Kier molecular flexibility index (Phi) is 6.99. The predicted octanol–water partition coefficient (Wildman–Crippen LogP) is 5.71. The van der Waals surface area contributed by atoms with Crippen LogP contribution in [0.25, 0.3) is 11.1 Å². The van der Waals surface area contributed by atoms with E-state index in [1.807, 2.05) is 48.5 Å². The molecule has 28 heavy (non-hydrogen) atoms. The van der Waals surface area contributed by atoms with Gasteiger partial charge in [0.25, 0.3) is 0 Å². The Bertz CT molecular complexity index is 879. The summed E-state index contributed by atoms with van der Waals surface area (Å²) in [7, 11) is 1.68. The molecule has 0 spiro atoms. The molecule has 3 rings (SSSR count). The number of carbonyl (C=O) groups excluding carboxylic acids is 1. The summed E-state index contributed by atoms with van der Waals surface area (Å²) in [5.41, 5.74) is 5.26. The third-order valence-electron chi connectivity index (χ3n) is 4.68. The molecule has 0 heterocycles. The molecule has 3 heteroatoms. The molecule has 0 fully saturated rings. The fraction of sp³-hybridized carbons (Fsp3) is 0.240. The number of ether oxygens (including phenoxy) is 2. The van der Waals surface area contributed by atoms with E-state index in [2.05, 4.69) is 31.2 Å². The first kappa shape index (κ1) is 19.8. The van der Waals surface area contributed by atoms with Crippen molar-refractivity contribution < 1.29 is 14.3 Å². The van der Waals surface area contributed by atoms with Gasteiger partial charge in [0.2, 0.25) is 0 Å². The molecule has 3 aromatic carbocycles. The molecule has 0 aliphatic heterocycles. The normalized spacial score (nSPS) is 10.6. The molecule has 3 nitrogen and oxygen atoms in total. The Labute approximate surface area is 166 Å². The van der Waals surface area contributed by atoms with Crippen molar-refractivity contribution in [3.63, 3.8) is 0 Å². The van der Waals surface area contributed by atoms with Gasteiger partial charge in [-0.3, -0.25) is 0 Å². The Morgan fingerprint density at radius 3 is 1.86 bits per heavy atom. The quantitative estimate of drug-likeness (QED) is 0.374. The first-order valence-electron chi connectivity index (χ1n) is 9.69. The van der Waals surface area contributed by atoms with Crippen LogP contribution in [0.4, 0.5) is 0 Å². The van der Waals surface area contributed by atoms with E-state index >= 15 is 0 Å². The lowest BCUT2D eigenvalue weighted by Crippen LogP contribution is -2.08. The van der Waals surface area contributed by atoms with Gasteiger partial charge in [-0.25, -0.2) is 4.79 Å². The summed E-state index contributed by atoms with van der Waals surface area (Å²) in [6, 6.07) is 23.7. The van der Waals surface area contributed by atoms with Crippen molar-refractivity contribution in [3.8, 4) is 16.9 Å². The lowest BCUT2D eigenvalue weighted by molar-refractivity contribution is 0.0734. The second-order valence-electron chi connectivity index (χ2n) is 6.80. The standard InChI is InChI=1S/C25H26O3/c1-3-4-19-5-9-21(10-6-19)22-11-13-23(14-12-22)25(26)28-24-15-7-20(8-16-24)17-18-27-2/h5-16H,3-4,17-18H2,1-2H3. The second kappa shape index (κ2) is 9.86. The fourth-order valence-corrected chi connectivity index (χ4v) is 3.06. The molecule has 0 amide bonds. The van der Waals surface area contributed by atoms with Gasteiger partial charge in [0.05, 0.1) is 12.2 Å². The van der Waals surface area contributed by atoms with Crippen molar-refractivity contribution in [2.75, 3.05) is 13.7 Å². The van der Waals surface area contributed by atoms with Crippen LogP contribution in [-0.2, 0) is 17.6 Å². The number of rotatable bonds is 8. The van der Waals surface area contributed by atoms with Gasteiger partial charge in [0.15, 0.2) is 0 Å². The SMILES string of the molecule is CCCc1ccc(-c2ccc(C(=O)Oc3ccc(CCOC)cc3)cc2)cc1. The van der Waals surface area contributed by atoms with Crippen LogP contribution in [0.2, 0.25) is 0 Å². The molecule has 0 unspecified atom stereocenters. The summed E-state index contributed by atoms with van der Waals surface area (Å²) >= 11 is 0. The molecule has 0 N–H and O–H groups in total. The molecule has 144 valence electrons. The van der Waals surface area contributed by atoms with Gasteiger partial charge in [-0.05, 0) is 59.4 Å². The van der Waals surface area contributed by atoms with Crippen LogP contribution in [0.1, 0.15) is 34.8 Å². The van der Waals surface area contributed by atoms with Crippen molar-refractivity contribution in [1.29, 1.82) is 0 Å². The molecule has 0 saturated carbocycles. The van der Waals surface area contributed by atoms with Crippen LogP contribution < -0.4 is 4.74 Å². The van der Waals surface area contributed by atoms with E-state index in [4.69, 9.17) is 9.47 Å². The van der Waals surface area contributed by atoms with Gasteiger partial charge in [-0.15, -0.1) is 0 Å². The summed E-state index contributed by atoms with van der Waals surface area (Å²) in [4.78, 5) is 12.4. The number of benzene rings is 3. The number of hydrogen-bond acceptors (Lipinski definition) is 3. The predicted molar refractivity (Wildman–Crippen MR) is 113 cm³/mol. The first-order chi connectivity index (χ1) is 13.7. The number of aryl methyl sites for hydroxylation is 1. The molecule has 0 aliphatic rings. The summed E-state index contributed by atoms with van der Waals surface area (Å²) < 4.78 is 10.5. The zero-order valence-corrected chi connectivity index (χ0v) is 16.5. The van der Waals surface area contributed by atoms with Gasteiger partial charge in [0.1, 0.15) is 5.75 Å². The molecule has 0 bridgehead atoms. The molecule has 0 saturated heterocycles. The first-order valence-corrected chi connectivity index (χ1v) is 9.69. The smallest absolute Gasteiger partial charge is 0.343 e. The van der Waals surface area contributed by atoms with Gasteiger partial charge in [-0.2, -0.15) is 0 Å². The molecular formula is C25H26O3.